The standard InChI is InChI=1S/C21H25N3O3S/c1-5-12-24-15(4)23-28(26,27)20-13-17(8-11-19(20)24)21(25)22-18-9-6-16(7-10-18)14(2)3/h6-11,13-14H,5,12H2,1-4H3,(H,22,25). The summed E-state index contributed by atoms with van der Waals surface area (Å²) in [6, 6.07) is 12.4. The van der Waals surface area contributed by atoms with E-state index in [4.69, 9.17) is 0 Å². The van der Waals surface area contributed by atoms with Gasteiger partial charge in [-0.05, 0) is 55.2 Å². The van der Waals surface area contributed by atoms with Crippen LogP contribution in [-0.2, 0) is 10.0 Å². The number of carbonyl (C=O) groups excluding carboxylic acids is 1. The second-order valence-corrected chi connectivity index (χ2v) is 8.75. The second kappa shape index (κ2) is 7.75. The zero-order valence-electron chi connectivity index (χ0n) is 16.6. The molecule has 1 aliphatic rings. The van der Waals surface area contributed by atoms with Gasteiger partial charge in [0.2, 0.25) is 0 Å². The van der Waals surface area contributed by atoms with E-state index in [2.05, 4.69) is 23.6 Å². The summed E-state index contributed by atoms with van der Waals surface area (Å²) in [5, 5.41) is 2.82. The summed E-state index contributed by atoms with van der Waals surface area (Å²) in [6.07, 6.45) is 0.848. The van der Waals surface area contributed by atoms with Gasteiger partial charge in [0.25, 0.3) is 15.9 Å². The maximum Gasteiger partial charge on any atom is 0.286 e. The molecule has 0 saturated heterocycles. The number of benzene rings is 2. The number of anilines is 2. The minimum atomic E-state index is -3.82. The van der Waals surface area contributed by atoms with E-state index in [-0.39, 0.29) is 16.4 Å². The van der Waals surface area contributed by atoms with Crippen LogP contribution in [0.1, 0.15) is 56.0 Å². The number of carbonyl (C=O) groups is 1. The number of sulfonamides is 1. The first kappa shape index (κ1) is 20.1. The molecule has 0 bridgehead atoms. The van der Waals surface area contributed by atoms with E-state index < -0.39 is 10.0 Å². The fourth-order valence-corrected chi connectivity index (χ4v) is 4.46. The van der Waals surface area contributed by atoms with Crippen LogP contribution in [0.15, 0.2) is 51.8 Å². The summed E-state index contributed by atoms with van der Waals surface area (Å²) < 4.78 is 28.9. The van der Waals surface area contributed by atoms with Crippen molar-refractivity contribution in [2.45, 2.75) is 44.9 Å². The molecule has 1 N–H and O–H groups in total. The molecule has 0 spiro atoms. The van der Waals surface area contributed by atoms with Crippen molar-refractivity contribution in [2.75, 3.05) is 16.8 Å². The molecule has 2 aromatic carbocycles. The van der Waals surface area contributed by atoms with Crippen molar-refractivity contribution in [1.29, 1.82) is 0 Å². The van der Waals surface area contributed by atoms with Crippen molar-refractivity contribution in [2.24, 2.45) is 4.40 Å². The number of rotatable bonds is 5. The van der Waals surface area contributed by atoms with E-state index in [0.717, 1.165) is 6.42 Å². The van der Waals surface area contributed by atoms with Crippen LogP contribution in [0.25, 0.3) is 0 Å². The normalized spacial score (nSPS) is 15.2. The number of hydrogen-bond acceptors (Lipinski definition) is 4. The molecule has 0 fully saturated rings. The highest BCUT2D eigenvalue weighted by Gasteiger charge is 2.29. The van der Waals surface area contributed by atoms with Crippen LogP contribution < -0.4 is 10.2 Å². The molecule has 0 radical (unpaired) electrons. The van der Waals surface area contributed by atoms with Crippen molar-refractivity contribution >= 4 is 33.1 Å². The van der Waals surface area contributed by atoms with E-state index in [9.17, 15) is 13.2 Å². The average molecular weight is 400 g/mol. The van der Waals surface area contributed by atoms with Gasteiger partial charge in [0.15, 0.2) is 0 Å². The Morgan fingerprint density at radius 2 is 1.82 bits per heavy atom. The molecular weight excluding hydrogens is 374 g/mol. The fourth-order valence-electron chi connectivity index (χ4n) is 3.19. The second-order valence-electron chi connectivity index (χ2n) is 7.18. The number of fused-ring (bicyclic) bond motifs is 1. The zero-order valence-corrected chi connectivity index (χ0v) is 17.4. The fraction of sp³-hybridized carbons (Fsp3) is 0.333. The van der Waals surface area contributed by atoms with E-state index in [1.54, 1.807) is 19.1 Å². The summed E-state index contributed by atoms with van der Waals surface area (Å²) in [5.74, 6) is 0.492. The Morgan fingerprint density at radius 3 is 2.43 bits per heavy atom. The first-order chi connectivity index (χ1) is 13.2. The van der Waals surface area contributed by atoms with Gasteiger partial charge in [0.1, 0.15) is 10.7 Å². The van der Waals surface area contributed by atoms with Gasteiger partial charge in [-0.1, -0.05) is 32.9 Å². The number of amides is 1. The quantitative estimate of drug-likeness (QED) is 0.808. The minimum Gasteiger partial charge on any atom is -0.328 e. The minimum absolute atomic E-state index is 0.0642. The van der Waals surface area contributed by atoms with Crippen LogP contribution in [0.3, 0.4) is 0 Å². The molecule has 0 aromatic heterocycles. The number of hydrogen-bond donors (Lipinski definition) is 1. The van der Waals surface area contributed by atoms with E-state index >= 15 is 0 Å². The molecule has 7 heteroatoms. The maximum absolute atomic E-state index is 12.6. The largest absolute Gasteiger partial charge is 0.328 e. The van der Waals surface area contributed by atoms with Gasteiger partial charge in [-0.15, -0.1) is 4.40 Å². The molecule has 0 atom stereocenters. The lowest BCUT2D eigenvalue weighted by molar-refractivity contribution is 0.102. The Morgan fingerprint density at radius 1 is 1.14 bits per heavy atom. The van der Waals surface area contributed by atoms with E-state index in [0.29, 0.717) is 29.7 Å². The van der Waals surface area contributed by atoms with Crippen molar-refractivity contribution in [3.8, 4) is 0 Å². The molecule has 1 aliphatic heterocycles. The summed E-state index contributed by atoms with van der Waals surface area (Å²) in [7, 11) is -3.82. The van der Waals surface area contributed by atoms with Gasteiger partial charge >= 0.3 is 0 Å². The first-order valence-electron chi connectivity index (χ1n) is 9.37. The molecule has 1 amide bonds. The van der Waals surface area contributed by atoms with Gasteiger partial charge in [0, 0.05) is 17.8 Å². The smallest absolute Gasteiger partial charge is 0.286 e. The van der Waals surface area contributed by atoms with E-state index in [1.807, 2.05) is 36.1 Å². The Kier molecular flexibility index (Phi) is 5.56. The lowest BCUT2D eigenvalue weighted by Crippen LogP contribution is -2.34. The van der Waals surface area contributed by atoms with Gasteiger partial charge in [0.05, 0.1) is 5.69 Å². The number of nitrogens with zero attached hydrogens (tertiary/aromatic N) is 2. The monoisotopic (exact) mass is 399 g/mol. The zero-order chi connectivity index (χ0) is 20.5. The van der Waals surface area contributed by atoms with E-state index in [1.165, 1.54) is 11.6 Å². The summed E-state index contributed by atoms with van der Waals surface area (Å²) in [6.45, 7) is 8.56. The van der Waals surface area contributed by atoms with Gasteiger partial charge < -0.3 is 10.2 Å². The molecule has 0 aliphatic carbocycles. The molecule has 6 nitrogen and oxygen atoms in total. The molecule has 28 heavy (non-hydrogen) atoms. The van der Waals surface area contributed by atoms with Gasteiger partial charge in [-0.3, -0.25) is 4.79 Å². The summed E-state index contributed by atoms with van der Waals surface area (Å²) in [5.41, 5.74) is 2.69. The molecule has 2 aromatic rings. The Bertz CT molecular complexity index is 1030. The highest BCUT2D eigenvalue weighted by molar-refractivity contribution is 7.90. The van der Waals surface area contributed by atoms with Gasteiger partial charge in [-0.25, -0.2) is 0 Å². The van der Waals surface area contributed by atoms with Crippen LogP contribution in [0.4, 0.5) is 11.4 Å². The SMILES string of the molecule is CCCN1C(C)=NS(=O)(=O)c2cc(C(=O)Nc3ccc(C(C)C)cc3)ccc21. The van der Waals surface area contributed by atoms with Crippen LogP contribution in [0, 0.1) is 0 Å². The molecular formula is C21H25N3O3S. The van der Waals surface area contributed by atoms with Crippen molar-refractivity contribution in [3.63, 3.8) is 0 Å². The van der Waals surface area contributed by atoms with Crippen molar-refractivity contribution < 1.29 is 13.2 Å². The third-order valence-corrected chi connectivity index (χ3v) is 6.10. The first-order valence-corrected chi connectivity index (χ1v) is 10.8. The van der Waals surface area contributed by atoms with Crippen LogP contribution in [0.5, 0.6) is 0 Å². The summed E-state index contributed by atoms with van der Waals surface area (Å²) in [4.78, 5) is 14.6. The van der Waals surface area contributed by atoms with Crippen molar-refractivity contribution in [1.82, 2.24) is 0 Å². The third kappa shape index (κ3) is 3.94. The molecule has 0 saturated carbocycles. The topological polar surface area (TPSA) is 78.8 Å². The Labute approximate surface area is 166 Å². The molecule has 148 valence electrons. The molecule has 1 heterocycles. The highest BCUT2D eigenvalue weighted by Crippen LogP contribution is 2.32. The van der Waals surface area contributed by atoms with Crippen LogP contribution in [-0.4, -0.2) is 26.7 Å². The van der Waals surface area contributed by atoms with Crippen LogP contribution >= 0.6 is 0 Å². The molecule has 3 rings (SSSR count). The predicted octanol–water partition coefficient (Wildman–Crippen LogP) is 4.40. The average Bonchev–Trinajstić information content (AvgIpc) is 2.65. The number of amidine groups is 1. The third-order valence-electron chi connectivity index (χ3n) is 4.72. The Hall–Kier alpha value is -2.67. The highest BCUT2D eigenvalue weighted by atomic mass is 32.2. The van der Waals surface area contributed by atoms with Crippen molar-refractivity contribution in [3.05, 3.63) is 53.6 Å². The maximum atomic E-state index is 12.6. The lowest BCUT2D eigenvalue weighted by Gasteiger charge is -2.29. The van der Waals surface area contributed by atoms with Gasteiger partial charge in [-0.2, -0.15) is 8.42 Å². The summed E-state index contributed by atoms with van der Waals surface area (Å²) >= 11 is 0. The lowest BCUT2D eigenvalue weighted by atomic mass is 10.0. The van der Waals surface area contributed by atoms with Crippen LogP contribution in [0.2, 0.25) is 0 Å². The molecule has 0 unspecified atom stereocenters. The predicted molar refractivity (Wildman–Crippen MR) is 113 cm³/mol. The Balaban J connectivity index is 1.90. The number of nitrogens with one attached hydrogen (secondary N) is 1.